The number of Topliss-reactive ketones (excluding diaryl/α,β-unsaturated/α-hetero) is 1. The lowest BCUT2D eigenvalue weighted by molar-refractivity contribution is -0.151. The Morgan fingerprint density at radius 1 is 1.26 bits per heavy atom. The Balaban J connectivity index is 2.90. The number of carboxylic acid groups (broad SMARTS) is 1. The molecule has 0 radical (unpaired) electrons. The van der Waals surface area contributed by atoms with Gasteiger partial charge in [0.2, 0.25) is 0 Å². The fourth-order valence-electron chi connectivity index (χ4n) is 2.79. The molecular formula is C15H26N2O5S. The van der Waals surface area contributed by atoms with Gasteiger partial charge in [-0.3, -0.25) is 9.59 Å². The second kappa shape index (κ2) is 6.41. The second-order valence-electron chi connectivity index (χ2n) is 7.17. The predicted octanol–water partition coefficient (Wildman–Crippen LogP) is 0.396. The van der Waals surface area contributed by atoms with Gasteiger partial charge >= 0.3 is 11.9 Å². The molecule has 7 nitrogen and oxygen atoms in total. The van der Waals surface area contributed by atoms with Gasteiger partial charge in [-0.25, -0.2) is 4.79 Å². The van der Waals surface area contributed by atoms with Gasteiger partial charge in [-0.05, 0) is 10.8 Å². The molecule has 0 unspecified atom stereocenters. The highest BCUT2D eigenvalue weighted by Gasteiger charge is 2.65. The minimum atomic E-state index is -1.94. The second-order valence-corrected chi connectivity index (χ2v) is 8.26. The summed E-state index contributed by atoms with van der Waals surface area (Å²) in [6, 6.07) is -1.35. The van der Waals surface area contributed by atoms with Crippen LogP contribution >= 0.6 is 11.8 Å². The van der Waals surface area contributed by atoms with Crippen LogP contribution in [0.3, 0.4) is 0 Å². The number of carbonyl (C=O) groups excluding carboxylic acids is 2. The summed E-state index contributed by atoms with van der Waals surface area (Å²) in [6.07, 6.45) is -0.583. The molecule has 2 atom stereocenters. The van der Waals surface area contributed by atoms with E-state index in [-0.39, 0.29) is 21.8 Å². The largest absolute Gasteiger partial charge is 0.481 e. The number of thioether (sulfide) groups is 1. The number of ether oxygens (including phenoxy) is 1. The summed E-state index contributed by atoms with van der Waals surface area (Å²) in [4.78, 5) is 35.2. The summed E-state index contributed by atoms with van der Waals surface area (Å²) in [5.74, 6) is -2.93. The van der Waals surface area contributed by atoms with Crippen LogP contribution in [0, 0.1) is 10.8 Å². The first-order valence-corrected chi connectivity index (χ1v) is 8.37. The third-order valence-corrected chi connectivity index (χ3v) is 7.22. The molecule has 0 saturated heterocycles. The van der Waals surface area contributed by atoms with Crippen LogP contribution < -0.4 is 11.5 Å². The quantitative estimate of drug-likeness (QED) is 0.425. The third kappa shape index (κ3) is 3.54. The van der Waals surface area contributed by atoms with Crippen molar-refractivity contribution in [3.05, 3.63) is 0 Å². The lowest BCUT2D eigenvalue weighted by Crippen LogP contribution is -2.62. The Bertz CT molecular complexity index is 506. The van der Waals surface area contributed by atoms with Gasteiger partial charge < -0.3 is 21.3 Å². The van der Waals surface area contributed by atoms with Crippen molar-refractivity contribution in [2.45, 2.75) is 50.9 Å². The van der Waals surface area contributed by atoms with Gasteiger partial charge in [-0.15, -0.1) is 0 Å². The summed E-state index contributed by atoms with van der Waals surface area (Å²) < 4.78 is 4.65. The molecule has 0 aromatic heterocycles. The summed E-state index contributed by atoms with van der Waals surface area (Å²) in [7, 11) is 1.13. The molecule has 1 saturated carbocycles. The SMILES string of the molecule is COC(=O)[C@@](N)(CSC1C(C)(C)C1(C)C)C(=O)[C@@H](N)CC(=O)O. The van der Waals surface area contributed by atoms with E-state index in [4.69, 9.17) is 16.6 Å². The van der Waals surface area contributed by atoms with Crippen LogP contribution in [0.25, 0.3) is 0 Å². The number of ketones is 1. The molecule has 0 aromatic rings. The predicted molar refractivity (Wildman–Crippen MR) is 88.0 cm³/mol. The molecule has 0 aromatic carbocycles. The Hall–Kier alpha value is -1.12. The number of carboxylic acids is 1. The number of hydrogen-bond acceptors (Lipinski definition) is 7. The molecule has 23 heavy (non-hydrogen) atoms. The molecule has 8 heteroatoms. The molecule has 1 fully saturated rings. The number of esters is 1. The maximum absolute atomic E-state index is 12.4. The maximum Gasteiger partial charge on any atom is 0.334 e. The number of aliphatic carboxylic acids is 1. The zero-order chi connectivity index (χ0) is 18.2. The van der Waals surface area contributed by atoms with Crippen molar-refractivity contribution in [2.75, 3.05) is 12.9 Å². The van der Waals surface area contributed by atoms with Crippen LogP contribution in [0.4, 0.5) is 0 Å². The molecule has 0 aliphatic heterocycles. The van der Waals surface area contributed by atoms with Crippen molar-refractivity contribution >= 4 is 29.5 Å². The molecule has 5 N–H and O–H groups in total. The van der Waals surface area contributed by atoms with E-state index in [1.807, 2.05) is 0 Å². The zero-order valence-corrected chi connectivity index (χ0v) is 15.0. The summed E-state index contributed by atoms with van der Waals surface area (Å²) in [5, 5.41) is 8.99. The molecule has 0 spiro atoms. The van der Waals surface area contributed by atoms with Gasteiger partial charge in [0.15, 0.2) is 11.3 Å². The van der Waals surface area contributed by atoms with E-state index in [0.717, 1.165) is 7.11 Å². The first-order valence-electron chi connectivity index (χ1n) is 7.33. The normalized spacial score (nSPS) is 22.7. The van der Waals surface area contributed by atoms with Crippen molar-refractivity contribution in [3.8, 4) is 0 Å². The molecule has 1 aliphatic carbocycles. The van der Waals surface area contributed by atoms with Crippen LogP contribution in [-0.2, 0) is 19.1 Å². The molecule has 132 valence electrons. The van der Waals surface area contributed by atoms with Gasteiger partial charge in [-0.1, -0.05) is 27.7 Å². The number of methoxy groups -OCH3 is 1. The zero-order valence-electron chi connectivity index (χ0n) is 14.2. The van der Waals surface area contributed by atoms with Crippen molar-refractivity contribution < 1.29 is 24.2 Å². The van der Waals surface area contributed by atoms with E-state index < -0.39 is 35.7 Å². The third-order valence-electron chi connectivity index (χ3n) is 5.09. The Kier molecular flexibility index (Phi) is 5.55. The summed E-state index contributed by atoms with van der Waals surface area (Å²) >= 11 is 1.42. The first-order chi connectivity index (χ1) is 10.3. The highest BCUT2D eigenvalue weighted by Crippen LogP contribution is 2.68. The number of rotatable bonds is 8. The van der Waals surface area contributed by atoms with Crippen molar-refractivity contribution in [1.29, 1.82) is 0 Å². The topological polar surface area (TPSA) is 133 Å². The van der Waals surface area contributed by atoms with E-state index in [0.29, 0.717) is 0 Å². The average molecular weight is 346 g/mol. The number of carbonyl (C=O) groups is 3. The van der Waals surface area contributed by atoms with E-state index in [1.54, 1.807) is 0 Å². The molecule has 1 aliphatic rings. The van der Waals surface area contributed by atoms with E-state index in [2.05, 4.69) is 32.4 Å². The Labute approximate surface area is 140 Å². The molecule has 0 heterocycles. The first kappa shape index (κ1) is 19.9. The van der Waals surface area contributed by atoms with Crippen LogP contribution in [0.2, 0.25) is 0 Å². The molecule has 1 rings (SSSR count). The molecular weight excluding hydrogens is 320 g/mol. The van der Waals surface area contributed by atoms with E-state index >= 15 is 0 Å². The van der Waals surface area contributed by atoms with Crippen LogP contribution in [-0.4, -0.2) is 52.5 Å². The number of nitrogens with two attached hydrogens (primary N) is 2. The Morgan fingerprint density at radius 3 is 2.09 bits per heavy atom. The lowest BCUT2D eigenvalue weighted by atomic mass is 9.91. The van der Waals surface area contributed by atoms with Crippen molar-refractivity contribution in [1.82, 2.24) is 0 Å². The van der Waals surface area contributed by atoms with Crippen molar-refractivity contribution in [2.24, 2.45) is 22.3 Å². The lowest BCUT2D eigenvalue weighted by Gasteiger charge is -2.27. The molecule has 0 amide bonds. The minimum absolute atomic E-state index is 0.00333. The van der Waals surface area contributed by atoms with Gasteiger partial charge in [0.25, 0.3) is 0 Å². The smallest absolute Gasteiger partial charge is 0.334 e. The Morgan fingerprint density at radius 2 is 1.74 bits per heavy atom. The number of hydrogen-bond donors (Lipinski definition) is 3. The van der Waals surface area contributed by atoms with Gasteiger partial charge in [0, 0.05) is 11.0 Å². The van der Waals surface area contributed by atoms with Crippen LogP contribution in [0.5, 0.6) is 0 Å². The van der Waals surface area contributed by atoms with E-state index in [9.17, 15) is 14.4 Å². The maximum atomic E-state index is 12.4. The highest BCUT2D eigenvalue weighted by atomic mass is 32.2. The monoisotopic (exact) mass is 346 g/mol. The van der Waals surface area contributed by atoms with Gasteiger partial charge in [-0.2, -0.15) is 11.8 Å². The fourth-order valence-corrected chi connectivity index (χ4v) is 4.85. The van der Waals surface area contributed by atoms with Crippen LogP contribution in [0.15, 0.2) is 0 Å². The highest BCUT2D eigenvalue weighted by molar-refractivity contribution is 8.00. The molecule has 0 bridgehead atoms. The van der Waals surface area contributed by atoms with Crippen LogP contribution in [0.1, 0.15) is 34.1 Å². The fraction of sp³-hybridized carbons (Fsp3) is 0.800. The average Bonchev–Trinajstić information content (AvgIpc) is 2.83. The van der Waals surface area contributed by atoms with Gasteiger partial charge in [0.05, 0.1) is 19.6 Å². The minimum Gasteiger partial charge on any atom is -0.481 e. The van der Waals surface area contributed by atoms with E-state index in [1.165, 1.54) is 11.8 Å². The van der Waals surface area contributed by atoms with Crippen molar-refractivity contribution in [3.63, 3.8) is 0 Å². The van der Waals surface area contributed by atoms with Gasteiger partial charge in [0.1, 0.15) is 0 Å². The summed E-state index contributed by atoms with van der Waals surface area (Å²) in [6.45, 7) is 8.44. The summed E-state index contributed by atoms with van der Waals surface area (Å²) in [5.41, 5.74) is 9.78. The standard InChI is InChI=1S/C15H26N2O5S/c1-13(2)11(14(13,3)4)23-7-15(17,12(21)22-5)10(20)8(16)6-9(18)19/h8,11H,6-7,16-17H2,1-5H3,(H,18,19)/t8-,15+/m0/s1.